The van der Waals surface area contributed by atoms with Crippen LogP contribution in [0.2, 0.25) is 0 Å². The molecule has 0 aliphatic carbocycles. The van der Waals surface area contributed by atoms with Crippen LogP contribution in [-0.2, 0) is 12.8 Å². The van der Waals surface area contributed by atoms with E-state index in [1.807, 2.05) is 23.9 Å². The van der Waals surface area contributed by atoms with Gasteiger partial charge in [-0.2, -0.15) is 0 Å². The molecule has 0 spiro atoms. The molecule has 0 saturated carbocycles. The van der Waals surface area contributed by atoms with E-state index in [0.717, 1.165) is 43.1 Å². The quantitative estimate of drug-likeness (QED) is 0.395. The maximum Gasteiger partial charge on any atom is 0.143 e. The van der Waals surface area contributed by atoms with Gasteiger partial charge in [0.05, 0.1) is 17.7 Å². The third-order valence-electron chi connectivity index (χ3n) is 5.57. The molecule has 0 fully saturated rings. The summed E-state index contributed by atoms with van der Waals surface area (Å²) in [7, 11) is 1.71. The molecule has 4 aromatic rings. The van der Waals surface area contributed by atoms with Crippen LogP contribution in [0.5, 0.6) is 5.75 Å². The van der Waals surface area contributed by atoms with Gasteiger partial charge in [-0.15, -0.1) is 11.8 Å². The minimum Gasteiger partial charge on any atom is -0.497 e. The van der Waals surface area contributed by atoms with E-state index in [1.54, 1.807) is 13.4 Å². The molecule has 2 N–H and O–H groups in total. The molecule has 0 saturated heterocycles. The molecular weight excluding hydrogens is 392 g/mol. The average Bonchev–Trinajstić information content (AvgIpc) is 3.41. The Labute approximate surface area is 180 Å². The van der Waals surface area contributed by atoms with Crippen molar-refractivity contribution >= 4 is 28.5 Å². The van der Waals surface area contributed by atoms with Crippen molar-refractivity contribution in [3.8, 4) is 5.75 Å². The fraction of sp³-hybridized carbons (Fsp3) is 0.250. The van der Waals surface area contributed by atoms with Crippen molar-refractivity contribution in [2.45, 2.75) is 29.4 Å². The van der Waals surface area contributed by atoms with Crippen molar-refractivity contribution in [1.29, 1.82) is 0 Å². The summed E-state index contributed by atoms with van der Waals surface area (Å²) in [6, 6.07) is 16.8. The number of aryl methyl sites for hydroxylation is 1. The number of aromatic amines is 1. The van der Waals surface area contributed by atoms with Crippen molar-refractivity contribution in [2.75, 3.05) is 19.0 Å². The van der Waals surface area contributed by atoms with Crippen LogP contribution in [0.1, 0.15) is 28.5 Å². The van der Waals surface area contributed by atoms with Crippen LogP contribution < -0.4 is 10.1 Å². The Kier molecular flexibility index (Phi) is 5.32. The van der Waals surface area contributed by atoms with Gasteiger partial charge in [-0.1, -0.05) is 30.3 Å². The van der Waals surface area contributed by atoms with Crippen LogP contribution in [0, 0.1) is 0 Å². The van der Waals surface area contributed by atoms with Gasteiger partial charge in [0.2, 0.25) is 0 Å². The lowest BCUT2D eigenvalue weighted by atomic mass is 10.1. The average molecular weight is 417 g/mol. The largest absolute Gasteiger partial charge is 0.497 e. The highest BCUT2D eigenvalue weighted by molar-refractivity contribution is 8.00. The predicted molar refractivity (Wildman–Crippen MR) is 122 cm³/mol. The molecule has 30 heavy (non-hydrogen) atoms. The fourth-order valence-corrected chi connectivity index (χ4v) is 5.33. The molecule has 1 aliphatic heterocycles. The number of rotatable bonds is 7. The minimum atomic E-state index is 0.346. The summed E-state index contributed by atoms with van der Waals surface area (Å²) in [5.74, 6) is 1.85. The first kappa shape index (κ1) is 19.0. The third-order valence-corrected chi connectivity index (χ3v) is 6.96. The first-order chi connectivity index (χ1) is 14.8. The number of aromatic nitrogens is 3. The molecule has 0 radical (unpaired) electrons. The Hall–Kier alpha value is -2.99. The molecule has 6 heteroatoms. The number of ether oxygens (including phenoxy) is 1. The van der Waals surface area contributed by atoms with E-state index in [2.05, 4.69) is 62.9 Å². The zero-order valence-corrected chi connectivity index (χ0v) is 17.7. The van der Waals surface area contributed by atoms with Gasteiger partial charge in [0.15, 0.2) is 0 Å². The predicted octanol–water partition coefficient (Wildman–Crippen LogP) is 5.40. The second kappa shape index (κ2) is 8.40. The molecule has 2 aromatic heterocycles. The van der Waals surface area contributed by atoms with E-state index in [1.165, 1.54) is 26.9 Å². The maximum atomic E-state index is 5.39. The van der Waals surface area contributed by atoms with Gasteiger partial charge < -0.3 is 15.0 Å². The summed E-state index contributed by atoms with van der Waals surface area (Å²) in [5, 5.41) is 5.21. The Morgan fingerprint density at radius 1 is 1.17 bits per heavy atom. The number of para-hydroxylation sites is 1. The van der Waals surface area contributed by atoms with E-state index >= 15 is 0 Å². The molecule has 152 valence electrons. The first-order valence-electron chi connectivity index (χ1n) is 10.2. The Bertz CT molecular complexity index is 1170. The third kappa shape index (κ3) is 3.75. The number of H-pyrrole nitrogens is 1. The lowest BCUT2D eigenvalue weighted by Crippen LogP contribution is -2.06. The number of fused-ring (bicyclic) bond motifs is 2. The van der Waals surface area contributed by atoms with Gasteiger partial charge in [0, 0.05) is 35.3 Å². The minimum absolute atomic E-state index is 0.346. The van der Waals surface area contributed by atoms with Gasteiger partial charge in [0.25, 0.3) is 0 Å². The number of nitrogens with one attached hydrogen (secondary N) is 2. The zero-order chi connectivity index (χ0) is 20.3. The second-order valence-electron chi connectivity index (χ2n) is 7.48. The Morgan fingerprint density at radius 2 is 2.10 bits per heavy atom. The van der Waals surface area contributed by atoms with E-state index < -0.39 is 0 Å². The summed E-state index contributed by atoms with van der Waals surface area (Å²) in [5.41, 5.74) is 4.96. The molecule has 2 aromatic carbocycles. The highest BCUT2D eigenvalue weighted by Crippen LogP contribution is 2.48. The Balaban J connectivity index is 1.23. The van der Waals surface area contributed by atoms with Crippen molar-refractivity contribution in [3.63, 3.8) is 0 Å². The topological polar surface area (TPSA) is 62.8 Å². The van der Waals surface area contributed by atoms with Gasteiger partial charge in [0.1, 0.15) is 17.9 Å². The molecule has 0 amide bonds. The Morgan fingerprint density at radius 3 is 3.03 bits per heavy atom. The fourth-order valence-electron chi connectivity index (χ4n) is 4.02. The summed E-state index contributed by atoms with van der Waals surface area (Å²) >= 11 is 1.84. The van der Waals surface area contributed by atoms with Gasteiger partial charge in [-0.05, 0) is 42.2 Å². The van der Waals surface area contributed by atoms with Gasteiger partial charge >= 0.3 is 0 Å². The van der Waals surface area contributed by atoms with Crippen molar-refractivity contribution in [3.05, 3.63) is 77.9 Å². The number of nitrogens with zero attached hydrogens (tertiary/aromatic N) is 2. The zero-order valence-electron chi connectivity index (χ0n) is 16.9. The number of thioether (sulfide) groups is 1. The molecule has 5 rings (SSSR count). The summed E-state index contributed by atoms with van der Waals surface area (Å²) < 4.78 is 5.39. The van der Waals surface area contributed by atoms with Crippen LogP contribution in [0.15, 0.2) is 66.0 Å². The lowest BCUT2D eigenvalue weighted by molar-refractivity contribution is 0.414. The molecule has 5 nitrogen and oxygen atoms in total. The highest BCUT2D eigenvalue weighted by atomic mass is 32.2. The van der Waals surface area contributed by atoms with Crippen LogP contribution in [0.25, 0.3) is 10.9 Å². The van der Waals surface area contributed by atoms with E-state index in [0.29, 0.717) is 5.25 Å². The smallest absolute Gasteiger partial charge is 0.143 e. The van der Waals surface area contributed by atoms with Gasteiger partial charge in [-0.25, -0.2) is 9.97 Å². The van der Waals surface area contributed by atoms with Crippen LogP contribution in [0.3, 0.4) is 0 Å². The molecule has 1 unspecified atom stereocenters. The van der Waals surface area contributed by atoms with Gasteiger partial charge in [-0.3, -0.25) is 0 Å². The van der Waals surface area contributed by atoms with Crippen LogP contribution in [-0.4, -0.2) is 28.6 Å². The van der Waals surface area contributed by atoms with E-state index in [9.17, 15) is 0 Å². The number of benzene rings is 2. The molecule has 1 atom stereocenters. The molecule has 1 aliphatic rings. The molecule has 0 bridgehead atoms. The van der Waals surface area contributed by atoms with Crippen molar-refractivity contribution in [2.24, 2.45) is 0 Å². The highest BCUT2D eigenvalue weighted by Gasteiger charge is 2.28. The molecule has 3 heterocycles. The van der Waals surface area contributed by atoms with Crippen molar-refractivity contribution < 1.29 is 4.74 Å². The number of anilines is 1. The lowest BCUT2D eigenvalue weighted by Gasteiger charge is -2.11. The van der Waals surface area contributed by atoms with E-state index in [-0.39, 0.29) is 0 Å². The second-order valence-corrected chi connectivity index (χ2v) is 8.69. The van der Waals surface area contributed by atoms with Crippen LogP contribution in [0.4, 0.5) is 5.82 Å². The summed E-state index contributed by atoms with van der Waals surface area (Å²) in [6.45, 7) is 0.882. The standard InChI is InChI=1S/C24H24N4OS/c1-29-18-8-4-6-16(12-18)22-13-21-23(30-22)24(28-15-27-21)25-11-5-7-17-14-26-20-10-3-2-9-19(17)20/h2-4,6,8-10,12,14-15,22,26H,5,7,11,13H2,1H3,(H,25,27,28). The first-order valence-corrected chi connectivity index (χ1v) is 11.1. The number of hydrogen-bond donors (Lipinski definition) is 2. The SMILES string of the molecule is COc1cccc(C2Cc3ncnc(NCCCc4c[nH]c5ccccc45)c3S2)c1. The summed E-state index contributed by atoms with van der Waals surface area (Å²) in [4.78, 5) is 13.6. The van der Waals surface area contributed by atoms with Crippen molar-refractivity contribution in [1.82, 2.24) is 15.0 Å². The van der Waals surface area contributed by atoms with E-state index in [4.69, 9.17) is 4.74 Å². The summed E-state index contributed by atoms with van der Waals surface area (Å²) in [6.07, 6.45) is 6.80. The maximum absolute atomic E-state index is 5.39. The number of hydrogen-bond acceptors (Lipinski definition) is 5. The monoisotopic (exact) mass is 416 g/mol. The molecular formula is C24H24N4OS. The normalized spacial score (nSPS) is 15.3. The van der Waals surface area contributed by atoms with Crippen LogP contribution >= 0.6 is 11.8 Å². The number of methoxy groups -OCH3 is 1.